The Labute approximate surface area is 190 Å². The number of fused-ring (bicyclic) bond motifs is 1. The predicted octanol–water partition coefficient (Wildman–Crippen LogP) is 4.20. The van der Waals surface area contributed by atoms with E-state index in [1.54, 1.807) is 24.3 Å². The van der Waals surface area contributed by atoms with Gasteiger partial charge in [0.15, 0.2) is 23.9 Å². The molecule has 168 valence electrons. The zero-order valence-electron chi connectivity index (χ0n) is 18.2. The second kappa shape index (κ2) is 9.56. The minimum atomic E-state index is -0.651. The zero-order valence-corrected chi connectivity index (χ0v) is 18.2. The van der Waals surface area contributed by atoms with Crippen LogP contribution in [0, 0.1) is 0 Å². The highest BCUT2D eigenvalue weighted by molar-refractivity contribution is 6.00. The molecule has 0 aliphatic carbocycles. The molecule has 0 aromatic heterocycles. The molecule has 0 saturated heterocycles. The average Bonchev–Trinajstić information content (AvgIpc) is 2.86. The minimum absolute atomic E-state index is 0.260. The molecule has 3 aromatic carbocycles. The Morgan fingerprint density at radius 3 is 2.36 bits per heavy atom. The molecule has 3 aromatic rings. The second-order valence-electron chi connectivity index (χ2n) is 7.45. The molecule has 7 heteroatoms. The van der Waals surface area contributed by atoms with Crippen LogP contribution in [0.2, 0.25) is 0 Å². The highest BCUT2D eigenvalue weighted by Crippen LogP contribution is 2.31. The van der Waals surface area contributed by atoms with Gasteiger partial charge in [0.2, 0.25) is 0 Å². The average molecular weight is 446 g/mol. The van der Waals surface area contributed by atoms with Crippen LogP contribution in [0.3, 0.4) is 0 Å². The lowest BCUT2D eigenvalue weighted by Gasteiger charge is -2.25. The fourth-order valence-electron chi connectivity index (χ4n) is 3.68. The molecule has 1 heterocycles. The number of hydrogen-bond acceptors (Lipinski definition) is 7. The molecular weight excluding hydrogens is 424 g/mol. The Kier molecular flexibility index (Phi) is 6.40. The third kappa shape index (κ3) is 4.72. The third-order valence-corrected chi connectivity index (χ3v) is 5.43. The number of esters is 2. The van der Waals surface area contributed by atoms with Gasteiger partial charge in [0.05, 0.1) is 25.3 Å². The summed E-state index contributed by atoms with van der Waals surface area (Å²) >= 11 is 0. The van der Waals surface area contributed by atoms with Gasteiger partial charge in [0, 0.05) is 12.0 Å². The summed E-state index contributed by atoms with van der Waals surface area (Å²) in [5, 5.41) is 0. The van der Waals surface area contributed by atoms with Crippen LogP contribution in [-0.2, 0) is 15.9 Å². The first kappa shape index (κ1) is 22.1. The predicted molar refractivity (Wildman–Crippen MR) is 119 cm³/mol. The van der Waals surface area contributed by atoms with Gasteiger partial charge in [0.1, 0.15) is 6.10 Å². The molecule has 1 atom stereocenters. The smallest absolute Gasteiger partial charge is 0.339 e. The van der Waals surface area contributed by atoms with E-state index in [-0.39, 0.29) is 11.3 Å². The number of carbonyl (C=O) groups excluding carboxylic acids is 3. The van der Waals surface area contributed by atoms with Crippen LogP contribution in [-0.4, -0.2) is 38.5 Å². The number of methoxy groups -OCH3 is 2. The monoisotopic (exact) mass is 446 g/mol. The minimum Gasteiger partial charge on any atom is -0.493 e. The van der Waals surface area contributed by atoms with Gasteiger partial charge in [-0.3, -0.25) is 4.79 Å². The molecule has 0 fully saturated rings. The molecule has 0 saturated carbocycles. The van der Waals surface area contributed by atoms with E-state index in [0.717, 1.165) is 5.56 Å². The number of hydrogen-bond donors (Lipinski definition) is 0. The second-order valence-corrected chi connectivity index (χ2v) is 7.45. The maximum atomic E-state index is 12.6. The molecule has 0 bridgehead atoms. The molecule has 0 amide bonds. The quantitative estimate of drug-likeness (QED) is 0.397. The van der Waals surface area contributed by atoms with Crippen molar-refractivity contribution in [2.75, 3.05) is 20.8 Å². The van der Waals surface area contributed by atoms with Gasteiger partial charge in [-0.05, 0) is 47.5 Å². The first-order valence-electron chi connectivity index (χ1n) is 10.3. The largest absolute Gasteiger partial charge is 0.493 e. The van der Waals surface area contributed by atoms with E-state index in [4.69, 9.17) is 18.9 Å². The van der Waals surface area contributed by atoms with Crippen LogP contribution >= 0.6 is 0 Å². The van der Waals surface area contributed by atoms with Crippen molar-refractivity contribution in [2.45, 2.75) is 12.5 Å². The first-order chi connectivity index (χ1) is 16.0. The fourth-order valence-corrected chi connectivity index (χ4v) is 3.68. The lowest BCUT2D eigenvalue weighted by Crippen LogP contribution is -2.22. The van der Waals surface area contributed by atoms with Crippen LogP contribution in [0.15, 0.2) is 66.7 Å². The Morgan fingerprint density at radius 2 is 1.64 bits per heavy atom. The van der Waals surface area contributed by atoms with E-state index in [0.29, 0.717) is 34.6 Å². The van der Waals surface area contributed by atoms with Crippen molar-refractivity contribution in [1.82, 2.24) is 0 Å². The number of rotatable bonds is 7. The number of carbonyl (C=O) groups is 3. The van der Waals surface area contributed by atoms with Crippen LogP contribution < -0.4 is 9.47 Å². The van der Waals surface area contributed by atoms with Gasteiger partial charge in [-0.25, -0.2) is 9.59 Å². The summed E-state index contributed by atoms with van der Waals surface area (Å²) in [4.78, 5) is 37.5. The molecule has 0 N–H and O–H groups in total. The van der Waals surface area contributed by atoms with Crippen LogP contribution in [0.4, 0.5) is 0 Å². The zero-order chi connectivity index (χ0) is 23.4. The summed E-state index contributed by atoms with van der Waals surface area (Å²) in [6, 6.07) is 18.8. The van der Waals surface area contributed by atoms with E-state index in [9.17, 15) is 14.4 Å². The van der Waals surface area contributed by atoms with E-state index in [2.05, 4.69) is 0 Å². The summed E-state index contributed by atoms with van der Waals surface area (Å²) in [7, 11) is 2.97. The maximum absolute atomic E-state index is 12.6. The van der Waals surface area contributed by atoms with Crippen LogP contribution in [0.25, 0.3) is 0 Å². The molecule has 7 nitrogen and oxygen atoms in total. The first-order valence-corrected chi connectivity index (χ1v) is 10.3. The summed E-state index contributed by atoms with van der Waals surface area (Å²) in [6.45, 7) is -0.430. The van der Waals surface area contributed by atoms with E-state index < -0.39 is 24.6 Å². The number of Topliss-reactive ketones (excluding diaryl/α,β-unsaturated/α-hetero) is 1. The summed E-state index contributed by atoms with van der Waals surface area (Å²) in [5.74, 6) is -0.567. The number of ketones is 1. The third-order valence-electron chi connectivity index (χ3n) is 5.43. The summed E-state index contributed by atoms with van der Waals surface area (Å²) in [6.07, 6.45) is 0.0145. The molecule has 0 spiro atoms. The molecule has 1 aliphatic heterocycles. The van der Waals surface area contributed by atoms with E-state index in [1.165, 1.54) is 26.4 Å². The normalized spacial score (nSPS) is 14.6. The number of ether oxygens (including phenoxy) is 4. The summed E-state index contributed by atoms with van der Waals surface area (Å²) in [5.41, 5.74) is 2.58. The van der Waals surface area contributed by atoms with E-state index >= 15 is 0 Å². The molecular formula is C26H22O7. The molecule has 1 unspecified atom stereocenters. The molecule has 0 radical (unpaired) electrons. The van der Waals surface area contributed by atoms with Gasteiger partial charge < -0.3 is 18.9 Å². The van der Waals surface area contributed by atoms with Gasteiger partial charge in [0.25, 0.3) is 0 Å². The maximum Gasteiger partial charge on any atom is 0.339 e. The van der Waals surface area contributed by atoms with Crippen molar-refractivity contribution in [3.8, 4) is 11.5 Å². The lowest BCUT2D eigenvalue weighted by molar-refractivity contribution is 0.0251. The SMILES string of the molecule is COc1ccc(C(=O)COC(=O)c2ccc3c(c2)CC(c2ccccc2)OC3=O)cc1OC. The Morgan fingerprint density at radius 1 is 0.909 bits per heavy atom. The standard InChI is InChI=1S/C26H22O7/c1-30-22-11-9-17(13-24(22)31-2)21(27)15-32-25(28)18-8-10-20-19(12-18)14-23(33-26(20)29)16-6-4-3-5-7-16/h3-13,23H,14-15H2,1-2H3. The Hall–Kier alpha value is -4.13. The van der Waals surface area contributed by atoms with Crippen molar-refractivity contribution in [1.29, 1.82) is 0 Å². The number of cyclic esters (lactones) is 1. The van der Waals surface area contributed by atoms with Crippen LogP contribution in [0.5, 0.6) is 11.5 Å². The summed E-state index contributed by atoms with van der Waals surface area (Å²) < 4.78 is 21.1. The van der Waals surface area contributed by atoms with Gasteiger partial charge in [-0.15, -0.1) is 0 Å². The molecule has 33 heavy (non-hydrogen) atoms. The topological polar surface area (TPSA) is 88.1 Å². The molecule has 1 aliphatic rings. The number of benzene rings is 3. The van der Waals surface area contributed by atoms with Gasteiger partial charge >= 0.3 is 11.9 Å². The Bertz CT molecular complexity index is 1200. The highest BCUT2D eigenvalue weighted by atomic mass is 16.5. The van der Waals surface area contributed by atoms with Crippen molar-refractivity contribution in [2.24, 2.45) is 0 Å². The van der Waals surface area contributed by atoms with Crippen molar-refractivity contribution in [3.05, 3.63) is 94.5 Å². The Balaban J connectivity index is 1.45. The van der Waals surface area contributed by atoms with E-state index in [1.807, 2.05) is 30.3 Å². The molecule has 4 rings (SSSR count). The van der Waals surface area contributed by atoms with Crippen molar-refractivity contribution < 1.29 is 33.3 Å². The highest BCUT2D eigenvalue weighted by Gasteiger charge is 2.28. The fraction of sp³-hybridized carbons (Fsp3) is 0.192. The van der Waals surface area contributed by atoms with Crippen molar-refractivity contribution in [3.63, 3.8) is 0 Å². The van der Waals surface area contributed by atoms with Crippen LogP contribution in [0.1, 0.15) is 48.3 Å². The van der Waals surface area contributed by atoms with Gasteiger partial charge in [-0.1, -0.05) is 30.3 Å². The van der Waals surface area contributed by atoms with Gasteiger partial charge in [-0.2, -0.15) is 0 Å². The lowest BCUT2D eigenvalue weighted by atomic mass is 9.93. The van der Waals surface area contributed by atoms with Crippen molar-refractivity contribution >= 4 is 17.7 Å².